The molecule has 2 N–H and O–H groups in total. The van der Waals surface area contributed by atoms with Crippen LogP contribution in [0.25, 0.3) is 0 Å². The summed E-state index contributed by atoms with van der Waals surface area (Å²) < 4.78 is 1.11. The van der Waals surface area contributed by atoms with Gasteiger partial charge in [-0.15, -0.1) is 0 Å². The lowest BCUT2D eigenvalue weighted by Crippen LogP contribution is -2.19. The molecule has 0 saturated heterocycles. The fraction of sp³-hybridized carbons (Fsp3) is 0.286. The summed E-state index contributed by atoms with van der Waals surface area (Å²) in [6, 6.07) is 10.1. The van der Waals surface area contributed by atoms with Gasteiger partial charge in [0.25, 0.3) is 0 Å². The topological polar surface area (TPSA) is 55.0 Å². The van der Waals surface area contributed by atoms with Gasteiger partial charge in [-0.05, 0) is 24.2 Å². The Morgan fingerprint density at radius 1 is 1.26 bits per heavy atom. The van der Waals surface area contributed by atoms with Crippen molar-refractivity contribution in [2.24, 2.45) is 5.73 Å². The molecule has 100 valence electrons. The monoisotopic (exact) mass is 320 g/mol. The van der Waals surface area contributed by atoms with Crippen molar-refractivity contribution in [3.8, 4) is 0 Å². The van der Waals surface area contributed by atoms with E-state index in [0.29, 0.717) is 13.0 Å². The first kappa shape index (κ1) is 14.0. The van der Waals surface area contributed by atoms with Crippen LogP contribution in [0.15, 0.2) is 41.0 Å². The molecule has 4 nitrogen and oxygen atoms in total. The minimum Gasteiger partial charge on any atom is -0.355 e. The summed E-state index contributed by atoms with van der Waals surface area (Å²) >= 11 is 3.56. The van der Waals surface area contributed by atoms with Crippen molar-refractivity contribution in [2.45, 2.75) is 13.0 Å². The number of nitrogens with zero attached hydrogens (tertiary/aromatic N) is 3. The van der Waals surface area contributed by atoms with E-state index < -0.39 is 0 Å². The number of nitrogens with two attached hydrogens (primary N) is 1. The van der Waals surface area contributed by atoms with Gasteiger partial charge in [0.1, 0.15) is 11.6 Å². The third-order valence-electron chi connectivity index (χ3n) is 2.82. The maximum absolute atomic E-state index is 5.53. The van der Waals surface area contributed by atoms with Crippen LogP contribution in [0.2, 0.25) is 0 Å². The molecule has 2 rings (SSSR count). The Morgan fingerprint density at radius 3 is 2.79 bits per heavy atom. The van der Waals surface area contributed by atoms with E-state index >= 15 is 0 Å². The molecule has 0 aliphatic rings. The second-order valence-corrected chi connectivity index (χ2v) is 5.17. The summed E-state index contributed by atoms with van der Waals surface area (Å²) in [7, 11) is 2.02. The lowest BCUT2D eigenvalue weighted by molar-refractivity contribution is 0.831. The van der Waals surface area contributed by atoms with Crippen LogP contribution in [0, 0.1) is 0 Å². The van der Waals surface area contributed by atoms with Crippen molar-refractivity contribution in [3.63, 3.8) is 0 Å². The zero-order valence-corrected chi connectivity index (χ0v) is 12.5. The van der Waals surface area contributed by atoms with Crippen LogP contribution in [0.4, 0.5) is 5.82 Å². The molecule has 1 heterocycles. The summed E-state index contributed by atoms with van der Waals surface area (Å²) in [6.45, 7) is 1.36. The van der Waals surface area contributed by atoms with Crippen LogP contribution < -0.4 is 10.6 Å². The van der Waals surface area contributed by atoms with Gasteiger partial charge in [0.15, 0.2) is 0 Å². The van der Waals surface area contributed by atoms with E-state index in [1.807, 2.05) is 31.3 Å². The summed E-state index contributed by atoms with van der Waals surface area (Å²) in [5.41, 5.74) is 6.76. The molecule has 0 aliphatic heterocycles. The van der Waals surface area contributed by atoms with Gasteiger partial charge < -0.3 is 10.6 Å². The highest BCUT2D eigenvalue weighted by Gasteiger charge is 2.07. The van der Waals surface area contributed by atoms with Crippen molar-refractivity contribution >= 4 is 21.7 Å². The van der Waals surface area contributed by atoms with Crippen molar-refractivity contribution in [1.29, 1.82) is 0 Å². The molecule has 0 unspecified atom stereocenters. The lowest BCUT2D eigenvalue weighted by Gasteiger charge is -2.19. The molecular weight excluding hydrogens is 304 g/mol. The average molecular weight is 321 g/mol. The first-order chi connectivity index (χ1) is 9.20. The first-order valence-electron chi connectivity index (χ1n) is 6.17. The van der Waals surface area contributed by atoms with Crippen LogP contribution >= 0.6 is 15.9 Å². The Hall–Kier alpha value is -1.46. The second kappa shape index (κ2) is 6.63. The minimum atomic E-state index is 0.567. The molecule has 0 bridgehead atoms. The quantitative estimate of drug-likeness (QED) is 0.919. The van der Waals surface area contributed by atoms with Crippen LogP contribution in [-0.2, 0) is 13.0 Å². The molecule has 0 atom stereocenters. The van der Waals surface area contributed by atoms with Crippen molar-refractivity contribution in [1.82, 2.24) is 9.97 Å². The summed E-state index contributed by atoms with van der Waals surface area (Å²) in [6.07, 6.45) is 2.49. The van der Waals surface area contributed by atoms with E-state index in [9.17, 15) is 0 Å². The number of anilines is 1. The van der Waals surface area contributed by atoms with Gasteiger partial charge in [0, 0.05) is 30.7 Å². The van der Waals surface area contributed by atoms with E-state index in [-0.39, 0.29) is 0 Å². The molecule has 19 heavy (non-hydrogen) atoms. The zero-order valence-electron chi connectivity index (χ0n) is 10.9. The highest BCUT2D eigenvalue weighted by Crippen LogP contribution is 2.19. The fourth-order valence-corrected chi connectivity index (χ4v) is 2.22. The fourth-order valence-electron chi connectivity index (χ4n) is 1.81. The normalized spacial score (nSPS) is 10.5. The van der Waals surface area contributed by atoms with Gasteiger partial charge in [-0.2, -0.15) is 0 Å². The molecule has 0 amide bonds. The standard InChI is InChI=1S/C14H17BrN4/c1-19(10-11-4-2-3-5-12(11)15)14-7-9-17-13(18-14)6-8-16/h2-5,7,9H,6,8,10,16H2,1H3. The van der Waals surface area contributed by atoms with E-state index in [1.54, 1.807) is 6.20 Å². The van der Waals surface area contributed by atoms with Crippen molar-refractivity contribution in [2.75, 3.05) is 18.5 Å². The largest absolute Gasteiger partial charge is 0.355 e. The highest BCUT2D eigenvalue weighted by atomic mass is 79.9. The third-order valence-corrected chi connectivity index (χ3v) is 3.59. The molecule has 5 heteroatoms. The number of halogens is 1. The van der Waals surface area contributed by atoms with E-state index in [0.717, 1.165) is 22.7 Å². The number of rotatable bonds is 5. The zero-order chi connectivity index (χ0) is 13.7. The minimum absolute atomic E-state index is 0.567. The molecule has 0 saturated carbocycles. The van der Waals surface area contributed by atoms with Gasteiger partial charge in [0.05, 0.1) is 0 Å². The maximum atomic E-state index is 5.53. The molecular formula is C14H17BrN4. The Labute approximate surface area is 121 Å². The Morgan fingerprint density at radius 2 is 2.05 bits per heavy atom. The van der Waals surface area contributed by atoms with Gasteiger partial charge in [-0.25, -0.2) is 9.97 Å². The van der Waals surface area contributed by atoms with Crippen molar-refractivity contribution < 1.29 is 0 Å². The highest BCUT2D eigenvalue weighted by molar-refractivity contribution is 9.10. The van der Waals surface area contributed by atoms with Crippen LogP contribution in [-0.4, -0.2) is 23.6 Å². The molecule has 0 aliphatic carbocycles. The molecule has 0 fully saturated rings. The summed E-state index contributed by atoms with van der Waals surface area (Å²) in [4.78, 5) is 10.8. The van der Waals surface area contributed by atoms with E-state index in [4.69, 9.17) is 5.73 Å². The van der Waals surface area contributed by atoms with E-state index in [2.05, 4.69) is 36.9 Å². The smallest absolute Gasteiger partial charge is 0.132 e. The average Bonchev–Trinajstić information content (AvgIpc) is 2.42. The van der Waals surface area contributed by atoms with Gasteiger partial charge in [0.2, 0.25) is 0 Å². The van der Waals surface area contributed by atoms with Gasteiger partial charge >= 0.3 is 0 Å². The molecule has 1 aromatic heterocycles. The summed E-state index contributed by atoms with van der Waals surface area (Å²) in [5.74, 6) is 1.70. The second-order valence-electron chi connectivity index (χ2n) is 4.32. The maximum Gasteiger partial charge on any atom is 0.132 e. The molecule has 0 radical (unpaired) electrons. The Bertz CT molecular complexity index is 544. The number of benzene rings is 1. The van der Waals surface area contributed by atoms with Crippen molar-refractivity contribution in [3.05, 3.63) is 52.4 Å². The Balaban J connectivity index is 2.13. The Kier molecular flexibility index (Phi) is 4.87. The van der Waals surface area contributed by atoms with Gasteiger partial charge in [-0.3, -0.25) is 0 Å². The first-order valence-corrected chi connectivity index (χ1v) is 6.96. The number of hydrogen-bond donors (Lipinski definition) is 1. The van der Waals surface area contributed by atoms with Crippen LogP contribution in [0.5, 0.6) is 0 Å². The SMILES string of the molecule is CN(Cc1ccccc1Br)c1ccnc(CCN)n1. The van der Waals surface area contributed by atoms with Crippen LogP contribution in [0.1, 0.15) is 11.4 Å². The number of aromatic nitrogens is 2. The number of hydrogen-bond acceptors (Lipinski definition) is 4. The predicted octanol–water partition coefficient (Wildman–Crippen LogP) is 2.38. The predicted molar refractivity (Wildman–Crippen MR) is 81.0 cm³/mol. The molecule has 0 spiro atoms. The van der Waals surface area contributed by atoms with Crippen LogP contribution in [0.3, 0.4) is 0 Å². The lowest BCUT2D eigenvalue weighted by atomic mass is 10.2. The van der Waals surface area contributed by atoms with Gasteiger partial charge in [-0.1, -0.05) is 34.1 Å². The van der Waals surface area contributed by atoms with E-state index in [1.165, 1.54) is 5.56 Å². The third kappa shape index (κ3) is 3.75. The summed E-state index contributed by atoms with van der Waals surface area (Å²) in [5, 5.41) is 0. The molecule has 1 aromatic carbocycles. The molecule has 2 aromatic rings.